The Hall–Kier alpha value is -3.47. The van der Waals surface area contributed by atoms with E-state index >= 15 is 0 Å². The topological polar surface area (TPSA) is 59.3 Å². The normalized spacial score (nSPS) is 11.4. The van der Waals surface area contributed by atoms with Crippen LogP contribution in [0, 0.1) is 0 Å². The summed E-state index contributed by atoms with van der Waals surface area (Å²) in [6.07, 6.45) is 4.82. The number of fused-ring (bicyclic) bond motifs is 3. The van der Waals surface area contributed by atoms with E-state index in [1.807, 2.05) is 6.07 Å². The highest BCUT2D eigenvalue weighted by atomic mass is 16.2. The number of hydrogen-bond acceptors (Lipinski definition) is 3. The first-order valence-electron chi connectivity index (χ1n) is 8.52. The number of pyridine rings is 1. The summed E-state index contributed by atoms with van der Waals surface area (Å²) >= 11 is 0. The second-order valence-electron chi connectivity index (χ2n) is 5.97. The molecule has 5 nitrogen and oxygen atoms in total. The standard InChI is InChI=1S/C21H18N4O/c1-2-25-19-6-4-3-5-17(19)18-13-15(7-8-20(18)25)14-23-24-21(26)16-9-11-22-12-10-16/h3-14H,2H2,1H3,(H,24,26)/b23-14+. The fraction of sp³-hybridized carbons (Fsp3) is 0.0952. The molecule has 0 aliphatic heterocycles. The Morgan fingerprint density at radius 3 is 2.65 bits per heavy atom. The molecule has 128 valence electrons. The fourth-order valence-corrected chi connectivity index (χ4v) is 3.23. The summed E-state index contributed by atoms with van der Waals surface area (Å²) in [6, 6.07) is 17.9. The average Bonchev–Trinajstić information content (AvgIpc) is 3.01. The van der Waals surface area contributed by atoms with Crippen LogP contribution in [0.15, 0.2) is 72.1 Å². The summed E-state index contributed by atoms with van der Waals surface area (Å²) in [6.45, 7) is 3.06. The molecule has 4 aromatic rings. The number of benzene rings is 2. The minimum atomic E-state index is -0.257. The summed E-state index contributed by atoms with van der Waals surface area (Å²) in [7, 11) is 0. The first kappa shape index (κ1) is 16.0. The van der Waals surface area contributed by atoms with Crippen molar-refractivity contribution in [2.75, 3.05) is 0 Å². The van der Waals surface area contributed by atoms with Gasteiger partial charge in [0, 0.05) is 46.3 Å². The summed E-state index contributed by atoms with van der Waals surface area (Å²) in [5.41, 5.74) is 6.44. The number of aryl methyl sites for hydroxylation is 1. The van der Waals surface area contributed by atoms with Crippen LogP contribution < -0.4 is 5.43 Å². The van der Waals surface area contributed by atoms with Gasteiger partial charge in [-0.2, -0.15) is 5.10 Å². The Morgan fingerprint density at radius 1 is 1.08 bits per heavy atom. The lowest BCUT2D eigenvalue weighted by molar-refractivity contribution is 0.0955. The van der Waals surface area contributed by atoms with Crippen molar-refractivity contribution in [1.29, 1.82) is 0 Å². The number of nitrogens with one attached hydrogen (secondary N) is 1. The van der Waals surface area contributed by atoms with Crippen molar-refractivity contribution in [2.45, 2.75) is 13.5 Å². The lowest BCUT2D eigenvalue weighted by atomic mass is 10.1. The van der Waals surface area contributed by atoms with Crippen LogP contribution in [-0.4, -0.2) is 21.7 Å². The Balaban J connectivity index is 1.63. The number of hydrazone groups is 1. The SMILES string of the molecule is CCn1c2ccccc2c2cc(/C=N/NC(=O)c3ccncc3)ccc21. The van der Waals surface area contributed by atoms with Gasteiger partial charge in [-0.3, -0.25) is 9.78 Å². The molecule has 0 spiro atoms. The maximum absolute atomic E-state index is 12.0. The molecule has 0 fully saturated rings. The third-order valence-corrected chi connectivity index (χ3v) is 4.43. The van der Waals surface area contributed by atoms with E-state index in [2.05, 4.69) is 63.4 Å². The molecule has 2 heterocycles. The average molecular weight is 342 g/mol. The molecule has 0 unspecified atom stereocenters. The maximum Gasteiger partial charge on any atom is 0.271 e. The number of para-hydroxylation sites is 1. The fourth-order valence-electron chi connectivity index (χ4n) is 3.23. The molecule has 0 saturated heterocycles. The second-order valence-corrected chi connectivity index (χ2v) is 5.97. The first-order valence-corrected chi connectivity index (χ1v) is 8.52. The summed E-state index contributed by atoms with van der Waals surface area (Å²) in [5, 5.41) is 6.49. The van der Waals surface area contributed by atoms with Crippen molar-refractivity contribution >= 4 is 33.9 Å². The van der Waals surface area contributed by atoms with Crippen molar-refractivity contribution in [2.24, 2.45) is 5.10 Å². The largest absolute Gasteiger partial charge is 0.341 e. The van der Waals surface area contributed by atoms with Gasteiger partial charge >= 0.3 is 0 Å². The molecule has 1 N–H and O–H groups in total. The quantitative estimate of drug-likeness (QED) is 0.450. The van der Waals surface area contributed by atoms with Crippen molar-refractivity contribution in [1.82, 2.24) is 15.0 Å². The highest BCUT2D eigenvalue weighted by molar-refractivity contribution is 6.09. The number of carbonyl (C=O) groups excluding carboxylic acids is 1. The van der Waals surface area contributed by atoms with Crippen molar-refractivity contribution in [3.05, 3.63) is 78.1 Å². The van der Waals surface area contributed by atoms with Crippen LogP contribution in [0.25, 0.3) is 21.8 Å². The van der Waals surface area contributed by atoms with Crippen LogP contribution in [0.5, 0.6) is 0 Å². The molecule has 0 atom stereocenters. The van der Waals surface area contributed by atoms with E-state index < -0.39 is 0 Å². The Morgan fingerprint density at radius 2 is 1.85 bits per heavy atom. The molecule has 0 bridgehead atoms. The van der Waals surface area contributed by atoms with E-state index in [0.29, 0.717) is 5.56 Å². The molecule has 0 radical (unpaired) electrons. The van der Waals surface area contributed by atoms with Crippen LogP contribution in [0.1, 0.15) is 22.8 Å². The predicted octanol–water partition coefficient (Wildman–Crippen LogP) is 3.97. The number of hydrogen-bond donors (Lipinski definition) is 1. The summed E-state index contributed by atoms with van der Waals surface area (Å²) in [4.78, 5) is 15.9. The van der Waals surface area contributed by atoms with Gasteiger partial charge in [-0.15, -0.1) is 0 Å². The van der Waals surface area contributed by atoms with Gasteiger partial charge in [-0.25, -0.2) is 5.43 Å². The van der Waals surface area contributed by atoms with Crippen LogP contribution in [-0.2, 0) is 6.54 Å². The minimum Gasteiger partial charge on any atom is -0.341 e. The molecule has 2 aromatic heterocycles. The summed E-state index contributed by atoms with van der Waals surface area (Å²) < 4.78 is 2.30. The van der Waals surface area contributed by atoms with E-state index in [0.717, 1.165) is 12.1 Å². The molecule has 26 heavy (non-hydrogen) atoms. The minimum absolute atomic E-state index is 0.257. The van der Waals surface area contributed by atoms with Crippen LogP contribution in [0.4, 0.5) is 0 Å². The monoisotopic (exact) mass is 342 g/mol. The molecule has 2 aromatic carbocycles. The van der Waals surface area contributed by atoms with Gasteiger partial charge in [0.05, 0.1) is 6.21 Å². The number of nitrogens with zero attached hydrogens (tertiary/aromatic N) is 3. The zero-order valence-corrected chi connectivity index (χ0v) is 14.4. The smallest absolute Gasteiger partial charge is 0.271 e. The maximum atomic E-state index is 12.0. The van der Waals surface area contributed by atoms with E-state index in [1.54, 1.807) is 30.7 Å². The molecule has 1 amide bonds. The number of carbonyl (C=O) groups is 1. The van der Waals surface area contributed by atoms with Crippen molar-refractivity contribution < 1.29 is 4.79 Å². The van der Waals surface area contributed by atoms with Gasteiger partial charge in [-0.1, -0.05) is 24.3 Å². The molecular weight excluding hydrogens is 324 g/mol. The molecule has 0 saturated carbocycles. The predicted molar refractivity (Wildman–Crippen MR) is 104 cm³/mol. The number of rotatable bonds is 4. The zero-order valence-electron chi connectivity index (χ0n) is 14.4. The van der Waals surface area contributed by atoms with Crippen LogP contribution >= 0.6 is 0 Å². The lowest BCUT2D eigenvalue weighted by Crippen LogP contribution is -2.17. The third-order valence-electron chi connectivity index (χ3n) is 4.43. The van der Waals surface area contributed by atoms with Gasteiger partial charge in [0.1, 0.15) is 0 Å². The zero-order chi connectivity index (χ0) is 17.9. The van der Waals surface area contributed by atoms with Crippen molar-refractivity contribution in [3.63, 3.8) is 0 Å². The van der Waals surface area contributed by atoms with Gasteiger partial charge in [0.2, 0.25) is 0 Å². The van der Waals surface area contributed by atoms with E-state index in [4.69, 9.17) is 0 Å². The third kappa shape index (κ3) is 2.84. The Bertz CT molecular complexity index is 1110. The first-order chi connectivity index (χ1) is 12.8. The highest BCUT2D eigenvalue weighted by Crippen LogP contribution is 2.29. The van der Waals surface area contributed by atoms with Gasteiger partial charge in [-0.05, 0) is 42.8 Å². The van der Waals surface area contributed by atoms with Crippen LogP contribution in [0.3, 0.4) is 0 Å². The van der Waals surface area contributed by atoms with Gasteiger partial charge < -0.3 is 4.57 Å². The Labute approximate surface area is 151 Å². The molecule has 0 aliphatic carbocycles. The molecule has 5 heteroatoms. The van der Waals surface area contributed by atoms with E-state index in [1.165, 1.54) is 21.8 Å². The second kappa shape index (κ2) is 6.80. The Kier molecular flexibility index (Phi) is 4.19. The molecular formula is C21H18N4O. The van der Waals surface area contributed by atoms with E-state index in [9.17, 15) is 4.79 Å². The van der Waals surface area contributed by atoms with Gasteiger partial charge in [0.15, 0.2) is 0 Å². The van der Waals surface area contributed by atoms with Gasteiger partial charge in [0.25, 0.3) is 5.91 Å². The molecule has 0 aliphatic rings. The summed E-state index contributed by atoms with van der Waals surface area (Å²) in [5.74, 6) is -0.257. The molecule has 4 rings (SSSR count). The van der Waals surface area contributed by atoms with E-state index in [-0.39, 0.29) is 5.91 Å². The number of aromatic nitrogens is 2. The lowest BCUT2D eigenvalue weighted by Gasteiger charge is -2.02. The van der Waals surface area contributed by atoms with Crippen LogP contribution in [0.2, 0.25) is 0 Å². The van der Waals surface area contributed by atoms with Crippen molar-refractivity contribution in [3.8, 4) is 0 Å². The highest BCUT2D eigenvalue weighted by Gasteiger charge is 2.09. The number of amides is 1.